The van der Waals surface area contributed by atoms with Crippen molar-refractivity contribution in [3.05, 3.63) is 28.8 Å². The van der Waals surface area contributed by atoms with Crippen molar-refractivity contribution in [1.82, 2.24) is 4.90 Å². The maximum absolute atomic E-state index is 11.7. The Morgan fingerprint density at radius 1 is 1.23 bits per heavy atom. The normalized spacial score (nSPS) is 16.0. The number of likely N-dealkylation sites (tertiary alicyclic amines) is 1. The average Bonchev–Trinajstić information content (AvgIpc) is 2.47. The molecule has 122 valence electrons. The maximum atomic E-state index is 11.7. The minimum absolute atomic E-state index is 0.124. The van der Waals surface area contributed by atoms with E-state index < -0.39 is 0 Å². The summed E-state index contributed by atoms with van der Waals surface area (Å²) >= 11 is 0. The van der Waals surface area contributed by atoms with Gasteiger partial charge in [-0.2, -0.15) is 0 Å². The van der Waals surface area contributed by atoms with Crippen LogP contribution in [0.1, 0.15) is 67.4 Å². The van der Waals surface area contributed by atoms with Crippen LogP contribution in [0.15, 0.2) is 12.1 Å². The third-order valence-corrected chi connectivity index (χ3v) is 4.47. The molecule has 1 fully saturated rings. The maximum Gasteiger partial charge on any atom is 0.160 e. The van der Waals surface area contributed by atoms with Gasteiger partial charge >= 0.3 is 0 Å². The predicted molar refractivity (Wildman–Crippen MR) is 91.1 cm³/mol. The summed E-state index contributed by atoms with van der Waals surface area (Å²) in [4.78, 5) is 14.2. The van der Waals surface area contributed by atoms with Crippen molar-refractivity contribution in [3.8, 4) is 5.75 Å². The number of aryl methyl sites for hydroxylation is 1. The van der Waals surface area contributed by atoms with Gasteiger partial charge < -0.3 is 4.74 Å². The molecule has 0 atom stereocenters. The molecule has 0 unspecified atom stereocenters. The zero-order chi connectivity index (χ0) is 16.1. The van der Waals surface area contributed by atoms with E-state index in [2.05, 4.69) is 18.7 Å². The third kappa shape index (κ3) is 4.33. The van der Waals surface area contributed by atoms with Crippen LogP contribution in [0.4, 0.5) is 0 Å². The fourth-order valence-electron chi connectivity index (χ4n) is 3.12. The van der Waals surface area contributed by atoms with Crippen LogP contribution in [-0.4, -0.2) is 36.9 Å². The highest BCUT2D eigenvalue weighted by Crippen LogP contribution is 2.30. The van der Waals surface area contributed by atoms with Crippen molar-refractivity contribution >= 4 is 5.78 Å². The SMILES string of the molecule is CC(=O)c1cc(C(C)C)c(OCCN2CCCCC2)cc1C. The highest BCUT2D eigenvalue weighted by molar-refractivity contribution is 5.96. The van der Waals surface area contributed by atoms with Gasteiger partial charge in [-0.3, -0.25) is 9.69 Å². The van der Waals surface area contributed by atoms with E-state index in [0.29, 0.717) is 5.92 Å². The minimum Gasteiger partial charge on any atom is -0.492 e. The van der Waals surface area contributed by atoms with E-state index in [0.717, 1.165) is 35.6 Å². The highest BCUT2D eigenvalue weighted by Gasteiger charge is 2.15. The van der Waals surface area contributed by atoms with Crippen LogP contribution in [0.2, 0.25) is 0 Å². The van der Waals surface area contributed by atoms with E-state index in [1.165, 1.54) is 32.4 Å². The van der Waals surface area contributed by atoms with Gasteiger partial charge in [0.15, 0.2) is 5.78 Å². The van der Waals surface area contributed by atoms with Gasteiger partial charge in [-0.05, 0) is 69.0 Å². The van der Waals surface area contributed by atoms with E-state index in [1.807, 2.05) is 19.1 Å². The van der Waals surface area contributed by atoms with Crippen LogP contribution in [0, 0.1) is 6.92 Å². The molecule has 3 heteroatoms. The molecule has 0 amide bonds. The van der Waals surface area contributed by atoms with E-state index in [-0.39, 0.29) is 5.78 Å². The number of nitrogens with zero attached hydrogens (tertiary/aromatic N) is 1. The lowest BCUT2D eigenvalue weighted by Gasteiger charge is -2.26. The molecule has 1 heterocycles. The van der Waals surface area contributed by atoms with Crippen LogP contribution < -0.4 is 4.74 Å². The molecule has 1 aromatic rings. The Kier molecular flexibility index (Phi) is 6.01. The smallest absolute Gasteiger partial charge is 0.160 e. The van der Waals surface area contributed by atoms with Crippen LogP contribution >= 0.6 is 0 Å². The molecule has 0 aliphatic carbocycles. The number of piperidine rings is 1. The highest BCUT2D eigenvalue weighted by atomic mass is 16.5. The molecule has 0 aromatic heterocycles. The Bertz CT molecular complexity index is 516. The number of rotatable bonds is 6. The van der Waals surface area contributed by atoms with E-state index in [1.54, 1.807) is 6.92 Å². The van der Waals surface area contributed by atoms with Gasteiger partial charge in [0.1, 0.15) is 12.4 Å². The molecular weight excluding hydrogens is 274 g/mol. The molecule has 1 aliphatic rings. The van der Waals surface area contributed by atoms with Crippen molar-refractivity contribution in [2.45, 2.75) is 52.9 Å². The number of carbonyl (C=O) groups is 1. The van der Waals surface area contributed by atoms with Crippen molar-refractivity contribution in [2.24, 2.45) is 0 Å². The summed E-state index contributed by atoms with van der Waals surface area (Å²) in [5.41, 5.74) is 2.95. The molecule has 0 radical (unpaired) electrons. The van der Waals surface area contributed by atoms with Gasteiger partial charge in [0.2, 0.25) is 0 Å². The summed E-state index contributed by atoms with van der Waals surface area (Å²) in [6, 6.07) is 4.04. The fraction of sp³-hybridized carbons (Fsp3) is 0.632. The first-order valence-electron chi connectivity index (χ1n) is 8.49. The minimum atomic E-state index is 0.124. The Labute approximate surface area is 134 Å². The Morgan fingerprint density at radius 3 is 2.50 bits per heavy atom. The molecule has 1 aliphatic heterocycles. The number of ketones is 1. The largest absolute Gasteiger partial charge is 0.492 e. The van der Waals surface area contributed by atoms with Crippen molar-refractivity contribution in [1.29, 1.82) is 0 Å². The Balaban J connectivity index is 2.05. The summed E-state index contributed by atoms with van der Waals surface area (Å²) in [7, 11) is 0. The predicted octanol–water partition coefficient (Wildman–Crippen LogP) is 4.19. The third-order valence-electron chi connectivity index (χ3n) is 4.47. The lowest BCUT2D eigenvalue weighted by Crippen LogP contribution is -2.33. The average molecular weight is 303 g/mol. The molecule has 22 heavy (non-hydrogen) atoms. The van der Waals surface area contributed by atoms with Gasteiger partial charge in [0.05, 0.1) is 0 Å². The monoisotopic (exact) mass is 303 g/mol. The van der Waals surface area contributed by atoms with Crippen molar-refractivity contribution in [2.75, 3.05) is 26.2 Å². The van der Waals surface area contributed by atoms with Crippen LogP contribution in [0.5, 0.6) is 5.75 Å². The lowest BCUT2D eigenvalue weighted by molar-refractivity contribution is 0.101. The second kappa shape index (κ2) is 7.77. The molecule has 0 N–H and O–H groups in total. The Hall–Kier alpha value is -1.35. The standard InChI is InChI=1S/C19H29NO2/c1-14(2)17-13-18(16(4)21)15(3)12-19(17)22-11-10-20-8-6-5-7-9-20/h12-14H,5-11H2,1-4H3. The number of Topliss-reactive ketones (excluding diaryl/α,β-unsaturated/α-hetero) is 1. The molecule has 1 aromatic carbocycles. The number of benzene rings is 1. The van der Waals surface area contributed by atoms with Crippen LogP contribution in [0.25, 0.3) is 0 Å². The number of ether oxygens (including phenoxy) is 1. The first-order chi connectivity index (χ1) is 10.5. The number of hydrogen-bond acceptors (Lipinski definition) is 3. The molecule has 0 saturated carbocycles. The van der Waals surface area contributed by atoms with Gasteiger partial charge in [0, 0.05) is 12.1 Å². The molecule has 0 spiro atoms. The van der Waals surface area contributed by atoms with Crippen LogP contribution in [-0.2, 0) is 0 Å². The van der Waals surface area contributed by atoms with Gasteiger partial charge in [-0.25, -0.2) is 0 Å². The van der Waals surface area contributed by atoms with Gasteiger partial charge in [0.25, 0.3) is 0 Å². The second-order valence-electron chi connectivity index (χ2n) is 6.67. The summed E-state index contributed by atoms with van der Waals surface area (Å²) < 4.78 is 6.06. The topological polar surface area (TPSA) is 29.5 Å². The molecule has 0 bridgehead atoms. The van der Waals surface area contributed by atoms with E-state index in [9.17, 15) is 4.79 Å². The van der Waals surface area contributed by atoms with Gasteiger partial charge in [-0.15, -0.1) is 0 Å². The molecular formula is C19H29NO2. The summed E-state index contributed by atoms with van der Waals surface area (Å²) in [6.45, 7) is 12.0. The first-order valence-corrected chi connectivity index (χ1v) is 8.49. The van der Waals surface area contributed by atoms with E-state index in [4.69, 9.17) is 4.74 Å². The summed E-state index contributed by atoms with van der Waals surface area (Å²) in [5.74, 6) is 1.41. The second-order valence-corrected chi connectivity index (χ2v) is 6.67. The Morgan fingerprint density at radius 2 is 1.91 bits per heavy atom. The lowest BCUT2D eigenvalue weighted by atomic mass is 9.95. The summed E-state index contributed by atoms with van der Waals surface area (Å²) in [6.07, 6.45) is 3.98. The quantitative estimate of drug-likeness (QED) is 0.738. The fourth-order valence-corrected chi connectivity index (χ4v) is 3.12. The molecule has 2 rings (SSSR count). The zero-order valence-electron chi connectivity index (χ0n) is 14.4. The van der Waals surface area contributed by atoms with Gasteiger partial charge in [-0.1, -0.05) is 20.3 Å². The van der Waals surface area contributed by atoms with E-state index >= 15 is 0 Å². The first kappa shape index (κ1) is 17.0. The molecule has 3 nitrogen and oxygen atoms in total. The number of hydrogen-bond donors (Lipinski definition) is 0. The number of carbonyl (C=O) groups excluding carboxylic acids is 1. The summed E-state index contributed by atoms with van der Waals surface area (Å²) in [5, 5.41) is 0. The van der Waals surface area contributed by atoms with Crippen molar-refractivity contribution < 1.29 is 9.53 Å². The van der Waals surface area contributed by atoms with Crippen molar-refractivity contribution in [3.63, 3.8) is 0 Å². The molecule has 1 saturated heterocycles. The van der Waals surface area contributed by atoms with Crippen LogP contribution in [0.3, 0.4) is 0 Å². The zero-order valence-corrected chi connectivity index (χ0v) is 14.4.